The fourth-order valence-electron chi connectivity index (χ4n) is 2.56. The van der Waals surface area contributed by atoms with Crippen molar-refractivity contribution in [2.75, 3.05) is 5.73 Å². The van der Waals surface area contributed by atoms with Crippen molar-refractivity contribution in [2.24, 2.45) is 0 Å². The summed E-state index contributed by atoms with van der Waals surface area (Å²) in [5.41, 5.74) is 10.4. The van der Waals surface area contributed by atoms with Crippen molar-refractivity contribution < 1.29 is 4.74 Å². The molecule has 0 aliphatic rings. The maximum atomic E-state index is 6.04. The van der Waals surface area contributed by atoms with Gasteiger partial charge < -0.3 is 10.5 Å². The van der Waals surface area contributed by atoms with Gasteiger partial charge in [-0.05, 0) is 30.7 Å². The molecule has 0 bridgehead atoms. The van der Waals surface area contributed by atoms with Gasteiger partial charge in [0, 0.05) is 22.3 Å². The van der Waals surface area contributed by atoms with Crippen LogP contribution in [0.4, 0.5) is 5.69 Å². The summed E-state index contributed by atoms with van der Waals surface area (Å²) in [5.74, 6) is 0.759. The number of aryl methyl sites for hydroxylation is 1. The Bertz CT molecular complexity index is 850. The van der Waals surface area contributed by atoms with Gasteiger partial charge in [0.15, 0.2) is 0 Å². The average molecular weight is 342 g/mol. The van der Waals surface area contributed by atoms with Crippen LogP contribution in [0.15, 0.2) is 48.5 Å². The fraction of sp³-hybridized carbons (Fsp3) is 0.167. The molecular weight excluding hydrogens is 324 g/mol. The Morgan fingerprint density at radius 3 is 2.65 bits per heavy atom. The van der Waals surface area contributed by atoms with E-state index >= 15 is 0 Å². The number of benzene rings is 2. The number of anilines is 1. The highest BCUT2D eigenvalue weighted by Gasteiger charge is 2.12. The third-order valence-corrected chi connectivity index (χ3v) is 4.21. The first kappa shape index (κ1) is 16.0. The molecule has 0 fully saturated rings. The lowest BCUT2D eigenvalue weighted by molar-refractivity contribution is 0.308. The number of nitrogens with zero attached hydrogens (tertiary/aromatic N) is 1. The molecule has 118 valence electrons. The van der Waals surface area contributed by atoms with Crippen molar-refractivity contribution in [1.29, 1.82) is 0 Å². The molecule has 3 rings (SSSR count). The summed E-state index contributed by atoms with van der Waals surface area (Å²) in [4.78, 5) is 4.58. The van der Waals surface area contributed by atoms with E-state index in [-0.39, 0.29) is 4.58 Å². The molecule has 23 heavy (non-hydrogen) atoms. The number of aromatic nitrogens is 1. The third-order valence-electron chi connectivity index (χ3n) is 3.69. The van der Waals surface area contributed by atoms with Crippen molar-refractivity contribution in [3.05, 3.63) is 65.4 Å². The van der Waals surface area contributed by atoms with Crippen LogP contribution >= 0.6 is 25.3 Å². The first-order valence-corrected chi connectivity index (χ1v) is 8.32. The first-order chi connectivity index (χ1) is 11.1. The quantitative estimate of drug-likeness (QED) is 0.370. The summed E-state index contributed by atoms with van der Waals surface area (Å²) >= 11 is 8.79. The molecule has 0 aliphatic heterocycles. The highest BCUT2D eigenvalue weighted by molar-refractivity contribution is 7.98. The minimum absolute atomic E-state index is 0.248. The summed E-state index contributed by atoms with van der Waals surface area (Å²) in [5, 5.41) is 1.06. The van der Waals surface area contributed by atoms with Crippen LogP contribution in [-0.4, -0.2) is 4.98 Å². The summed E-state index contributed by atoms with van der Waals surface area (Å²) in [6.07, 6.45) is 0. The zero-order chi connectivity index (χ0) is 16.4. The van der Waals surface area contributed by atoms with E-state index in [1.165, 1.54) is 0 Å². The lowest BCUT2D eigenvalue weighted by Gasteiger charge is -2.16. The normalized spacial score (nSPS) is 11.1. The molecule has 0 unspecified atom stereocenters. The second-order valence-electron chi connectivity index (χ2n) is 5.36. The van der Waals surface area contributed by atoms with Crippen molar-refractivity contribution in [2.45, 2.75) is 18.1 Å². The molecule has 1 aromatic heterocycles. The molecule has 2 aromatic carbocycles. The van der Waals surface area contributed by atoms with Crippen LogP contribution in [-0.2, 0) is 6.61 Å². The third kappa shape index (κ3) is 3.41. The second kappa shape index (κ2) is 6.72. The Labute approximate surface area is 146 Å². The summed E-state index contributed by atoms with van der Waals surface area (Å²) < 4.78 is 5.77. The molecule has 1 heterocycles. The molecule has 0 saturated carbocycles. The molecule has 0 atom stereocenters. The second-order valence-corrected chi connectivity index (χ2v) is 6.80. The van der Waals surface area contributed by atoms with E-state index in [1.54, 1.807) is 0 Å². The van der Waals surface area contributed by atoms with Crippen LogP contribution in [0.5, 0.6) is 5.75 Å². The van der Waals surface area contributed by atoms with Gasteiger partial charge in [0.05, 0.1) is 4.58 Å². The molecule has 3 nitrogen and oxygen atoms in total. The molecule has 0 radical (unpaired) electrons. The monoisotopic (exact) mass is 342 g/mol. The zero-order valence-corrected chi connectivity index (χ0v) is 14.5. The van der Waals surface area contributed by atoms with Gasteiger partial charge in [-0.3, -0.25) is 0 Å². The highest BCUT2D eigenvalue weighted by Crippen LogP contribution is 2.33. The van der Waals surface area contributed by atoms with Crippen LogP contribution in [0, 0.1) is 6.92 Å². The van der Waals surface area contributed by atoms with E-state index in [1.807, 2.05) is 55.5 Å². The molecule has 0 aliphatic carbocycles. The van der Waals surface area contributed by atoms with E-state index in [0.29, 0.717) is 12.3 Å². The number of para-hydroxylation sites is 1. The van der Waals surface area contributed by atoms with E-state index in [4.69, 9.17) is 10.5 Å². The standard InChI is InChI=1S/C18H18N2OS2/c1-11-8-9-12-4-3-7-15(17(12)20-11)21-10-13-5-2-6-14(19)16(13)18(22)23/h2-9,18,22-23H,10,19H2,1H3. The van der Waals surface area contributed by atoms with Crippen LogP contribution < -0.4 is 10.5 Å². The van der Waals surface area contributed by atoms with Gasteiger partial charge in [-0.25, -0.2) is 4.98 Å². The number of rotatable bonds is 4. The van der Waals surface area contributed by atoms with Crippen LogP contribution in [0.25, 0.3) is 10.9 Å². The van der Waals surface area contributed by atoms with E-state index in [9.17, 15) is 0 Å². The van der Waals surface area contributed by atoms with E-state index in [2.05, 4.69) is 30.2 Å². The number of nitrogen functional groups attached to an aromatic ring is 1. The first-order valence-electron chi connectivity index (χ1n) is 7.29. The summed E-state index contributed by atoms with van der Waals surface area (Å²) in [7, 11) is 0. The van der Waals surface area contributed by atoms with Crippen molar-refractivity contribution in [3.8, 4) is 5.75 Å². The van der Waals surface area contributed by atoms with E-state index in [0.717, 1.165) is 33.5 Å². The van der Waals surface area contributed by atoms with Crippen LogP contribution in [0.2, 0.25) is 0 Å². The Hall–Kier alpha value is -1.85. The Morgan fingerprint density at radius 2 is 1.87 bits per heavy atom. The lowest BCUT2D eigenvalue weighted by atomic mass is 10.1. The number of pyridine rings is 1. The van der Waals surface area contributed by atoms with Gasteiger partial charge in [0.25, 0.3) is 0 Å². The number of hydrogen-bond donors (Lipinski definition) is 3. The molecule has 5 heteroatoms. The van der Waals surface area contributed by atoms with Gasteiger partial charge in [0.1, 0.15) is 17.9 Å². The van der Waals surface area contributed by atoms with Gasteiger partial charge in [-0.15, -0.1) is 0 Å². The largest absolute Gasteiger partial charge is 0.487 e. The number of nitrogens with two attached hydrogens (primary N) is 1. The Kier molecular flexibility index (Phi) is 4.68. The maximum absolute atomic E-state index is 6.04. The van der Waals surface area contributed by atoms with Crippen molar-refractivity contribution in [3.63, 3.8) is 0 Å². The number of ether oxygens (including phenoxy) is 1. The number of thiol groups is 2. The molecule has 0 spiro atoms. The lowest BCUT2D eigenvalue weighted by Crippen LogP contribution is -2.04. The highest BCUT2D eigenvalue weighted by atomic mass is 32.2. The predicted molar refractivity (Wildman–Crippen MR) is 102 cm³/mol. The minimum atomic E-state index is -0.248. The fourth-order valence-corrected chi connectivity index (χ4v) is 3.19. The summed E-state index contributed by atoms with van der Waals surface area (Å²) in [6.45, 7) is 2.37. The molecule has 0 saturated heterocycles. The maximum Gasteiger partial charge on any atom is 0.146 e. The Balaban J connectivity index is 1.93. The zero-order valence-electron chi connectivity index (χ0n) is 12.7. The average Bonchev–Trinajstić information content (AvgIpc) is 2.52. The van der Waals surface area contributed by atoms with Crippen molar-refractivity contribution in [1.82, 2.24) is 4.98 Å². The molecule has 0 amide bonds. The number of hydrogen-bond acceptors (Lipinski definition) is 5. The van der Waals surface area contributed by atoms with Gasteiger partial charge in [0.2, 0.25) is 0 Å². The Morgan fingerprint density at radius 1 is 1.09 bits per heavy atom. The summed E-state index contributed by atoms with van der Waals surface area (Å²) in [6, 6.07) is 15.7. The van der Waals surface area contributed by atoms with Gasteiger partial charge in [-0.2, -0.15) is 25.3 Å². The number of fused-ring (bicyclic) bond motifs is 1. The predicted octanol–water partition coefficient (Wildman–Crippen LogP) is 4.56. The smallest absolute Gasteiger partial charge is 0.146 e. The van der Waals surface area contributed by atoms with Crippen LogP contribution in [0.1, 0.15) is 21.4 Å². The van der Waals surface area contributed by atoms with Crippen LogP contribution in [0.3, 0.4) is 0 Å². The van der Waals surface area contributed by atoms with Gasteiger partial charge >= 0.3 is 0 Å². The molecule has 2 N–H and O–H groups in total. The minimum Gasteiger partial charge on any atom is -0.487 e. The SMILES string of the molecule is Cc1ccc2cccc(OCc3cccc(N)c3C(S)S)c2n1. The topological polar surface area (TPSA) is 48.1 Å². The van der Waals surface area contributed by atoms with Crippen molar-refractivity contribution >= 4 is 41.8 Å². The van der Waals surface area contributed by atoms with Gasteiger partial charge in [-0.1, -0.05) is 30.3 Å². The van der Waals surface area contributed by atoms with E-state index < -0.39 is 0 Å². The molecule has 3 aromatic rings. The molecular formula is C18H18N2OS2.